The van der Waals surface area contributed by atoms with Gasteiger partial charge in [-0.05, 0) is 24.0 Å². The van der Waals surface area contributed by atoms with Crippen LogP contribution in [0.4, 0.5) is 0 Å². The van der Waals surface area contributed by atoms with Crippen LogP contribution in [-0.2, 0) is 4.74 Å². The molecule has 1 N–H and O–H groups in total. The zero-order chi connectivity index (χ0) is 10.6. The van der Waals surface area contributed by atoms with Gasteiger partial charge in [-0.2, -0.15) is 12.6 Å². The molecule has 2 rings (SSSR count). The second kappa shape index (κ2) is 5.27. The molecule has 0 aliphatic carbocycles. The smallest absolute Gasteiger partial charge is 0.165 e. The van der Waals surface area contributed by atoms with Gasteiger partial charge in [0.15, 0.2) is 5.16 Å². The standard InChI is InChI=1S/C10H16N2OS2/c14-7-10(1-5-13-6-2-10)8-15-9-11-3-4-12-9/h3-4,14H,1-2,5-8H2,(H,11,12). The average Bonchev–Trinajstić information content (AvgIpc) is 2.81. The maximum Gasteiger partial charge on any atom is 0.165 e. The lowest BCUT2D eigenvalue weighted by Crippen LogP contribution is -2.33. The molecule has 84 valence electrons. The minimum Gasteiger partial charge on any atom is -0.381 e. The lowest BCUT2D eigenvalue weighted by atomic mass is 9.84. The van der Waals surface area contributed by atoms with Crippen molar-refractivity contribution in [3.05, 3.63) is 12.4 Å². The molecule has 0 unspecified atom stereocenters. The summed E-state index contributed by atoms with van der Waals surface area (Å²) in [7, 11) is 0. The Morgan fingerprint density at radius 3 is 2.93 bits per heavy atom. The van der Waals surface area contributed by atoms with E-state index >= 15 is 0 Å². The molecule has 5 heteroatoms. The number of nitrogens with one attached hydrogen (secondary N) is 1. The number of thiol groups is 1. The summed E-state index contributed by atoms with van der Waals surface area (Å²) in [5.74, 6) is 2.01. The van der Waals surface area contributed by atoms with Gasteiger partial charge in [0.25, 0.3) is 0 Å². The molecule has 0 atom stereocenters. The van der Waals surface area contributed by atoms with Crippen molar-refractivity contribution in [2.75, 3.05) is 24.7 Å². The first-order valence-corrected chi connectivity index (χ1v) is 6.77. The van der Waals surface area contributed by atoms with E-state index in [4.69, 9.17) is 4.74 Å². The van der Waals surface area contributed by atoms with Crippen LogP contribution in [0.2, 0.25) is 0 Å². The third-order valence-corrected chi connectivity index (χ3v) is 4.80. The maximum atomic E-state index is 5.40. The molecule has 1 saturated heterocycles. The molecular weight excluding hydrogens is 228 g/mol. The van der Waals surface area contributed by atoms with Gasteiger partial charge in [-0.3, -0.25) is 0 Å². The van der Waals surface area contributed by atoms with Crippen molar-refractivity contribution in [2.45, 2.75) is 18.0 Å². The van der Waals surface area contributed by atoms with Gasteiger partial charge in [0.2, 0.25) is 0 Å². The molecular formula is C10H16N2OS2. The number of rotatable bonds is 4. The van der Waals surface area contributed by atoms with Gasteiger partial charge in [-0.15, -0.1) is 0 Å². The predicted molar refractivity (Wildman–Crippen MR) is 65.7 cm³/mol. The summed E-state index contributed by atoms with van der Waals surface area (Å²) in [6.07, 6.45) is 5.88. The lowest BCUT2D eigenvalue weighted by Gasteiger charge is -2.35. The van der Waals surface area contributed by atoms with E-state index in [2.05, 4.69) is 22.6 Å². The van der Waals surface area contributed by atoms with E-state index in [0.717, 1.165) is 42.7 Å². The van der Waals surface area contributed by atoms with Gasteiger partial charge in [0.1, 0.15) is 0 Å². The molecule has 0 bridgehead atoms. The zero-order valence-electron chi connectivity index (χ0n) is 8.61. The molecule has 0 saturated carbocycles. The first-order valence-electron chi connectivity index (χ1n) is 5.15. The first-order chi connectivity index (χ1) is 7.35. The van der Waals surface area contributed by atoms with Crippen LogP contribution < -0.4 is 0 Å². The molecule has 2 heterocycles. The number of nitrogens with zero attached hydrogens (tertiary/aromatic N) is 1. The highest BCUT2D eigenvalue weighted by Gasteiger charge is 2.31. The topological polar surface area (TPSA) is 37.9 Å². The Bertz CT molecular complexity index is 284. The van der Waals surface area contributed by atoms with E-state index in [0.29, 0.717) is 5.41 Å². The van der Waals surface area contributed by atoms with E-state index in [1.807, 2.05) is 6.20 Å². The van der Waals surface area contributed by atoms with Crippen LogP contribution in [-0.4, -0.2) is 34.7 Å². The average molecular weight is 244 g/mol. The third kappa shape index (κ3) is 2.92. The van der Waals surface area contributed by atoms with Crippen LogP contribution in [0.25, 0.3) is 0 Å². The lowest BCUT2D eigenvalue weighted by molar-refractivity contribution is 0.0371. The summed E-state index contributed by atoms with van der Waals surface area (Å²) in [5, 5.41) is 1.00. The molecule has 0 amide bonds. The molecule has 1 aliphatic heterocycles. The highest BCUT2D eigenvalue weighted by molar-refractivity contribution is 7.99. The highest BCUT2D eigenvalue weighted by Crippen LogP contribution is 2.36. The number of thioether (sulfide) groups is 1. The van der Waals surface area contributed by atoms with E-state index in [9.17, 15) is 0 Å². The number of hydrogen-bond acceptors (Lipinski definition) is 4. The Kier molecular flexibility index (Phi) is 3.99. The zero-order valence-corrected chi connectivity index (χ0v) is 10.3. The second-order valence-electron chi connectivity index (χ2n) is 3.95. The van der Waals surface area contributed by atoms with Crippen molar-refractivity contribution in [1.82, 2.24) is 9.97 Å². The highest BCUT2D eigenvalue weighted by atomic mass is 32.2. The van der Waals surface area contributed by atoms with Crippen molar-refractivity contribution in [3.8, 4) is 0 Å². The van der Waals surface area contributed by atoms with Gasteiger partial charge in [0, 0.05) is 31.4 Å². The van der Waals surface area contributed by atoms with E-state index in [1.165, 1.54) is 0 Å². The number of aromatic nitrogens is 2. The summed E-state index contributed by atoms with van der Waals surface area (Å²) in [5.41, 5.74) is 0.332. The fourth-order valence-electron chi connectivity index (χ4n) is 1.70. The van der Waals surface area contributed by atoms with Gasteiger partial charge < -0.3 is 9.72 Å². The molecule has 0 aromatic carbocycles. The minimum absolute atomic E-state index is 0.332. The van der Waals surface area contributed by atoms with E-state index in [-0.39, 0.29) is 0 Å². The summed E-state index contributed by atoms with van der Waals surface area (Å²) >= 11 is 6.27. The number of ether oxygens (including phenoxy) is 1. The Morgan fingerprint density at radius 2 is 2.33 bits per heavy atom. The molecule has 0 radical (unpaired) electrons. The Labute approximate surface area is 99.8 Å². The molecule has 3 nitrogen and oxygen atoms in total. The summed E-state index contributed by atoms with van der Waals surface area (Å²) in [6, 6.07) is 0. The molecule has 1 aromatic rings. The van der Waals surface area contributed by atoms with Crippen molar-refractivity contribution in [1.29, 1.82) is 0 Å². The van der Waals surface area contributed by atoms with Crippen LogP contribution >= 0.6 is 24.4 Å². The fourth-order valence-corrected chi connectivity index (χ4v) is 3.40. The van der Waals surface area contributed by atoms with Crippen molar-refractivity contribution in [2.24, 2.45) is 5.41 Å². The third-order valence-electron chi connectivity index (χ3n) is 2.88. The van der Waals surface area contributed by atoms with Crippen LogP contribution in [0.1, 0.15) is 12.8 Å². The minimum atomic E-state index is 0.332. The van der Waals surface area contributed by atoms with Crippen LogP contribution in [0.15, 0.2) is 17.6 Å². The monoisotopic (exact) mass is 244 g/mol. The Morgan fingerprint density at radius 1 is 1.53 bits per heavy atom. The summed E-state index contributed by atoms with van der Waals surface area (Å²) in [6.45, 7) is 1.75. The van der Waals surface area contributed by atoms with Gasteiger partial charge in [-0.1, -0.05) is 11.8 Å². The van der Waals surface area contributed by atoms with Gasteiger partial charge >= 0.3 is 0 Å². The molecule has 0 spiro atoms. The van der Waals surface area contributed by atoms with E-state index in [1.54, 1.807) is 18.0 Å². The van der Waals surface area contributed by atoms with Crippen LogP contribution in [0.3, 0.4) is 0 Å². The van der Waals surface area contributed by atoms with Crippen LogP contribution in [0, 0.1) is 5.41 Å². The van der Waals surface area contributed by atoms with Crippen LogP contribution in [0.5, 0.6) is 0 Å². The maximum absolute atomic E-state index is 5.40. The number of aromatic amines is 1. The largest absolute Gasteiger partial charge is 0.381 e. The number of hydrogen-bond donors (Lipinski definition) is 2. The SMILES string of the molecule is SCC1(CSc2ncc[nH]2)CCOCC1. The number of H-pyrrole nitrogens is 1. The molecule has 1 aromatic heterocycles. The number of imidazole rings is 1. The normalized spacial score (nSPS) is 20.3. The predicted octanol–water partition coefficient (Wildman–Crippen LogP) is 2.23. The quantitative estimate of drug-likeness (QED) is 0.630. The second-order valence-corrected chi connectivity index (χ2v) is 5.23. The molecule has 1 aliphatic rings. The van der Waals surface area contributed by atoms with Crippen molar-refractivity contribution >= 4 is 24.4 Å². The summed E-state index contributed by atoms with van der Waals surface area (Å²) < 4.78 is 5.40. The molecule has 15 heavy (non-hydrogen) atoms. The van der Waals surface area contributed by atoms with Crippen molar-refractivity contribution < 1.29 is 4.74 Å². The first kappa shape index (κ1) is 11.4. The van der Waals surface area contributed by atoms with Gasteiger partial charge in [0.05, 0.1) is 0 Å². The molecule has 1 fully saturated rings. The van der Waals surface area contributed by atoms with Crippen molar-refractivity contribution in [3.63, 3.8) is 0 Å². The van der Waals surface area contributed by atoms with E-state index < -0.39 is 0 Å². The fraction of sp³-hybridized carbons (Fsp3) is 0.700. The van der Waals surface area contributed by atoms with Gasteiger partial charge in [-0.25, -0.2) is 4.98 Å². The Hall–Kier alpha value is -0.130. The summed E-state index contributed by atoms with van der Waals surface area (Å²) in [4.78, 5) is 7.33. The Balaban J connectivity index is 1.89.